The summed E-state index contributed by atoms with van der Waals surface area (Å²) in [6.07, 6.45) is 3.16. The van der Waals surface area contributed by atoms with Crippen LogP contribution in [0.4, 0.5) is 4.79 Å². The van der Waals surface area contributed by atoms with E-state index in [-0.39, 0.29) is 29.8 Å². The average molecular weight is 385 g/mol. The molecule has 1 unspecified atom stereocenters. The van der Waals surface area contributed by atoms with Crippen molar-refractivity contribution in [3.63, 3.8) is 0 Å². The van der Waals surface area contributed by atoms with Crippen molar-refractivity contribution in [3.8, 4) is 0 Å². The van der Waals surface area contributed by atoms with E-state index in [9.17, 15) is 9.59 Å². The summed E-state index contributed by atoms with van der Waals surface area (Å²) in [6, 6.07) is 3.71. The molecule has 2 fully saturated rings. The normalized spacial score (nSPS) is 24.2. The zero-order chi connectivity index (χ0) is 20.3. The number of imidazole rings is 1. The van der Waals surface area contributed by atoms with Gasteiger partial charge < -0.3 is 15.0 Å². The summed E-state index contributed by atoms with van der Waals surface area (Å²) in [4.78, 5) is 31.1. The van der Waals surface area contributed by atoms with Crippen LogP contribution in [-0.2, 0) is 15.1 Å². The SMILES string of the molecule is CC(C)(C)OC(=O)N1C[C@@H]2C(C(=O)NC(C)(C)c3cnc4cccnn34)[C@@H]2C1. The Balaban J connectivity index is 1.38. The number of amides is 2. The number of likely N-dealkylation sites (tertiary alicyclic amines) is 1. The van der Waals surface area contributed by atoms with Gasteiger partial charge in [0.2, 0.25) is 5.91 Å². The van der Waals surface area contributed by atoms with Crippen LogP contribution in [0.3, 0.4) is 0 Å². The zero-order valence-electron chi connectivity index (χ0n) is 17.0. The smallest absolute Gasteiger partial charge is 0.410 e. The molecule has 1 aliphatic heterocycles. The van der Waals surface area contributed by atoms with E-state index in [1.165, 1.54) is 0 Å². The lowest BCUT2D eigenvalue weighted by atomic mass is 10.0. The molecule has 1 aliphatic carbocycles. The minimum Gasteiger partial charge on any atom is -0.444 e. The molecule has 2 aromatic heterocycles. The quantitative estimate of drug-likeness (QED) is 0.875. The Morgan fingerprint density at radius 1 is 1.18 bits per heavy atom. The van der Waals surface area contributed by atoms with Crippen LogP contribution in [0.2, 0.25) is 0 Å². The first-order valence-electron chi connectivity index (χ1n) is 9.66. The summed E-state index contributed by atoms with van der Waals surface area (Å²) in [5.74, 6) is 0.395. The van der Waals surface area contributed by atoms with E-state index >= 15 is 0 Å². The van der Waals surface area contributed by atoms with Gasteiger partial charge in [-0.3, -0.25) is 4.79 Å². The van der Waals surface area contributed by atoms with Crippen LogP contribution < -0.4 is 5.32 Å². The molecule has 2 aliphatic rings. The number of carbonyl (C=O) groups excluding carboxylic acids is 2. The Morgan fingerprint density at radius 3 is 2.50 bits per heavy atom. The van der Waals surface area contributed by atoms with Gasteiger partial charge in [-0.25, -0.2) is 14.3 Å². The maximum atomic E-state index is 12.9. The molecule has 3 heterocycles. The molecule has 8 nitrogen and oxygen atoms in total. The van der Waals surface area contributed by atoms with E-state index in [4.69, 9.17) is 4.74 Å². The molecule has 0 bridgehead atoms. The van der Waals surface area contributed by atoms with Gasteiger partial charge in [0.1, 0.15) is 5.60 Å². The monoisotopic (exact) mass is 385 g/mol. The van der Waals surface area contributed by atoms with Crippen molar-refractivity contribution in [3.05, 3.63) is 30.2 Å². The lowest BCUT2D eigenvalue weighted by Gasteiger charge is -2.27. The number of piperidine rings is 1. The maximum absolute atomic E-state index is 12.9. The molecular formula is C20H27N5O3. The summed E-state index contributed by atoms with van der Waals surface area (Å²) in [5.41, 5.74) is 0.466. The van der Waals surface area contributed by atoms with Gasteiger partial charge in [-0.15, -0.1) is 0 Å². The van der Waals surface area contributed by atoms with Crippen molar-refractivity contribution in [2.75, 3.05) is 13.1 Å². The van der Waals surface area contributed by atoms with Crippen molar-refractivity contribution >= 4 is 17.6 Å². The summed E-state index contributed by atoms with van der Waals surface area (Å²) < 4.78 is 7.17. The third kappa shape index (κ3) is 3.31. The molecule has 2 aromatic rings. The molecule has 4 rings (SSSR count). The summed E-state index contributed by atoms with van der Waals surface area (Å²) >= 11 is 0. The van der Waals surface area contributed by atoms with E-state index in [0.29, 0.717) is 13.1 Å². The fraction of sp³-hybridized carbons (Fsp3) is 0.600. The molecular weight excluding hydrogens is 358 g/mol. The van der Waals surface area contributed by atoms with Gasteiger partial charge in [0, 0.05) is 25.2 Å². The highest BCUT2D eigenvalue weighted by molar-refractivity contribution is 5.84. The van der Waals surface area contributed by atoms with Gasteiger partial charge in [-0.1, -0.05) is 0 Å². The van der Waals surface area contributed by atoms with Crippen LogP contribution in [0.15, 0.2) is 24.5 Å². The number of rotatable bonds is 3. The Labute approximate surface area is 164 Å². The van der Waals surface area contributed by atoms with Crippen molar-refractivity contribution in [1.82, 2.24) is 24.8 Å². The van der Waals surface area contributed by atoms with E-state index in [1.807, 2.05) is 46.8 Å². The van der Waals surface area contributed by atoms with E-state index in [0.717, 1.165) is 11.3 Å². The van der Waals surface area contributed by atoms with Crippen LogP contribution >= 0.6 is 0 Å². The molecule has 8 heteroatoms. The highest BCUT2D eigenvalue weighted by Crippen LogP contribution is 2.52. The second-order valence-corrected chi connectivity index (χ2v) is 9.29. The van der Waals surface area contributed by atoms with E-state index in [1.54, 1.807) is 21.8 Å². The van der Waals surface area contributed by atoms with E-state index < -0.39 is 11.1 Å². The first-order chi connectivity index (χ1) is 13.1. The third-order valence-corrected chi connectivity index (χ3v) is 5.50. The standard InChI is InChI=1S/C20H27N5O3/c1-19(2,3)28-18(27)24-10-12-13(11-24)16(12)17(26)23-20(4,5)14-9-21-15-7-6-8-22-25(14)15/h6-9,12-13,16H,10-11H2,1-5H3,(H,23,26)/t12-,13+,16?. The fourth-order valence-electron chi connectivity index (χ4n) is 4.10. The summed E-state index contributed by atoms with van der Waals surface area (Å²) in [5, 5.41) is 7.48. The lowest BCUT2D eigenvalue weighted by Crippen LogP contribution is -2.44. The van der Waals surface area contributed by atoms with Crippen LogP contribution in [0.25, 0.3) is 5.65 Å². The van der Waals surface area contributed by atoms with Crippen molar-refractivity contribution in [2.24, 2.45) is 17.8 Å². The Bertz CT molecular complexity index is 917. The highest BCUT2D eigenvalue weighted by Gasteiger charge is 2.61. The highest BCUT2D eigenvalue weighted by atomic mass is 16.6. The number of fused-ring (bicyclic) bond motifs is 2. The van der Waals surface area contributed by atoms with Gasteiger partial charge >= 0.3 is 6.09 Å². The van der Waals surface area contributed by atoms with Crippen LogP contribution in [0.1, 0.15) is 40.3 Å². The minimum atomic E-state index is -0.605. The molecule has 1 N–H and O–H groups in total. The van der Waals surface area contributed by atoms with Crippen LogP contribution in [-0.4, -0.2) is 50.2 Å². The lowest BCUT2D eigenvalue weighted by molar-refractivity contribution is -0.125. The Morgan fingerprint density at radius 2 is 1.86 bits per heavy atom. The molecule has 1 saturated carbocycles. The van der Waals surface area contributed by atoms with Gasteiger partial charge in [0.05, 0.1) is 17.4 Å². The maximum Gasteiger partial charge on any atom is 0.410 e. The van der Waals surface area contributed by atoms with Gasteiger partial charge in [-0.2, -0.15) is 5.10 Å². The van der Waals surface area contributed by atoms with Crippen molar-refractivity contribution in [1.29, 1.82) is 0 Å². The Hall–Kier alpha value is -2.64. The molecule has 0 radical (unpaired) electrons. The zero-order valence-corrected chi connectivity index (χ0v) is 17.0. The molecule has 1 saturated heterocycles. The molecule has 0 aromatic carbocycles. The van der Waals surface area contributed by atoms with E-state index in [2.05, 4.69) is 15.4 Å². The van der Waals surface area contributed by atoms with Crippen molar-refractivity contribution < 1.29 is 14.3 Å². The van der Waals surface area contributed by atoms with Gasteiger partial charge in [0.15, 0.2) is 5.65 Å². The van der Waals surface area contributed by atoms with Gasteiger partial charge in [-0.05, 0) is 58.6 Å². The molecule has 2 amide bonds. The number of aromatic nitrogens is 3. The molecule has 150 valence electrons. The predicted octanol–water partition coefficient (Wildman–Crippen LogP) is 2.19. The number of ether oxygens (including phenoxy) is 1. The van der Waals surface area contributed by atoms with Crippen molar-refractivity contribution in [2.45, 2.75) is 45.8 Å². The minimum absolute atomic E-state index is 0.0229. The van der Waals surface area contributed by atoms with Crippen LogP contribution in [0.5, 0.6) is 0 Å². The number of hydrogen-bond donors (Lipinski definition) is 1. The second kappa shape index (κ2) is 6.18. The number of nitrogens with zero attached hydrogens (tertiary/aromatic N) is 4. The summed E-state index contributed by atoms with van der Waals surface area (Å²) in [7, 11) is 0. The molecule has 28 heavy (non-hydrogen) atoms. The largest absolute Gasteiger partial charge is 0.444 e. The molecule has 3 atom stereocenters. The summed E-state index contributed by atoms with van der Waals surface area (Å²) in [6.45, 7) is 10.6. The Kier molecular flexibility index (Phi) is 4.13. The second-order valence-electron chi connectivity index (χ2n) is 9.29. The number of carbonyl (C=O) groups is 2. The number of nitrogens with one attached hydrogen (secondary N) is 1. The van der Waals surface area contributed by atoms with Gasteiger partial charge in [0.25, 0.3) is 0 Å². The third-order valence-electron chi connectivity index (χ3n) is 5.50. The average Bonchev–Trinajstić information content (AvgIpc) is 2.96. The fourth-order valence-corrected chi connectivity index (χ4v) is 4.10. The first-order valence-corrected chi connectivity index (χ1v) is 9.66. The number of hydrogen-bond acceptors (Lipinski definition) is 5. The topological polar surface area (TPSA) is 88.8 Å². The molecule has 0 spiro atoms. The first kappa shape index (κ1) is 18.7. The predicted molar refractivity (Wildman–Crippen MR) is 102 cm³/mol. The van der Waals surface area contributed by atoms with Crippen LogP contribution in [0, 0.1) is 17.8 Å².